The normalized spacial score (nSPS) is 21.7. The highest BCUT2D eigenvalue weighted by molar-refractivity contribution is 6.30. The molecule has 1 heterocycles. The van der Waals surface area contributed by atoms with Crippen molar-refractivity contribution in [3.05, 3.63) is 28.3 Å². The van der Waals surface area contributed by atoms with Crippen molar-refractivity contribution in [1.82, 2.24) is 0 Å². The molecule has 2 nitrogen and oxygen atoms in total. The average Bonchev–Trinajstić information content (AvgIpc) is 2.84. The molecule has 1 saturated carbocycles. The van der Waals surface area contributed by atoms with Crippen LogP contribution in [0.5, 0.6) is 5.75 Å². The summed E-state index contributed by atoms with van der Waals surface area (Å²) in [4.78, 5) is 0. The third kappa shape index (κ3) is 2.96. The van der Waals surface area contributed by atoms with Gasteiger partial charge in [0.25, 0.3) is 0 Å². The monoisotopic (exact) mass is 294 g/mol. The highest BCUT2D eigenvalue weighted by Crippen LogP contribution is 2.41. The molecule has 1 aromatic carbocycles. The molecule has 0 aromatic heterocycles. The summed E-state index contributed by atoms with van der Waals surface area (Å²) in [6, 6.07) is 3.87. The molecule has 1 aromatic rings. The van der Waals surface area contributed by atoms with E-state index >= 15 is 0 Å². The van der Waals surface area contributed by atoms with Crippen LogP contribution in [-0.2, 0) is 6.42 Å². The second-order valence-corrected chi connectivity index (χ2v) is 6.57. The van der Waals surface area contributed by atoms with E-state index in [0.717, 1.165) is 36.1 Å². The molecule has 0 saturated heterocycles. The topological polar surface area (TPSA) is 29.5 Å². The number of rotatable bonds is 2. The number of hydrogen-bond donors (Lipinski definition) is 1. The number of benzene rings is 1. The van der Waals surface area contributed by atoms with E-state index in [9.17, 15) is 5.11 Å². The second-order valence-electron chi connectivity index (χ2n) is 6.13. The molecule has 20 heavy (non-hydrogen) atoms. The summed E-state index contributed by atoms with van der Waals surface area (Å²) in [6.45, 7) is 0.708. The van der Waals surface area contributed by atoms with Crippen LogP contribution in [0.25, 0.3) is 0 Å². The Labute approximate surface area is 126 Å². The molecule has 1 atom stereocenters. The maximum Gasteiger partial charge on any atom is 0.128 e. The average molecular weight is 295 g/mol. The van der Waals surface area contributed by atoms with Crippen molar-refractivity contribution in [2.45, 2.75) is 57.5 Å². The molecule has 1 aliphatic heterocycles. The zero-order valence-electron chi connectivity index (χ0n) is 11.9. The van der Waals surface area contributed by atoms with E-state index in [2.05, 4.69) is 0 Å². The van der Waals surface area contributed by atoms with Crippen molar-refractivity contribution in [2.24, 2.45) is 5.92 Å². The summed E-state index contributed by atoms with van der Waals surface area (Å²) in [5.74, 6) is 1.24. The van der Waals surface area contributed by atoms with E-state index in [1.807, 2.05) is 12.1 Å². The first-order valence-corrected chi connectivity index (χ1v) is 8.26. The summed E-state index contributed by atoms with van der Waals surface area (Å²) >= 11 is 6.20. The standard InChI is InChI=1S/C17H23ClO2/c18-14-10-13-8-9-20-17(13)15(11-14)16(19)12-6-4-2-1-3-5-7-12/h10-12,16,19H,1-9H2. The minimum absolute atomic E-state index is 0.349. The smallest absolute Gasteiger partial charge is 0.128 e. The quantitative estimate of drug-likeness (QED) is 0.859. The molecule has 110 valence electrons. The maximum absolute atomic E-state index is 10.8. The lowest BCUT2D eigenvalue weighted by atomic mass is 9.84. The molecular weight excluding hydrogens is 272 g/mol. The van der Waals surface area contributed by atoms with Crippen LogP contribution < -0.4 is 4.74 Å². The summed E-state index contributed by atoms with van der Waals surface area (Å²) in [5.41, 5.74) is 2.06. The van der Waals surface area contributed by atoms with Crippen molar-refractivity contribution in [3.63, 3.8) is 0 Å². The fourth-order valence-corrected chi connectivity index (χ4v) is 3.82. The van der Waals surface area contributed by atoms with Gasteiger partial charge in [-0.25, -0.2) is 0 Å². The summed E-state index contributed by atoms with van der Waals surface area (Å²) in [7, 11) is 0. The number of ether oxygens (including phenoxy) is 1. The minimum Gasteiger partial charge on any atom is -0.493 e. The first-order chi connectivity index (χ1) is 9.75. The summed E-state index contributed by atoms with van der Waals surface area (Å²) in [6.07, 6.45) is 9.10. The third-order valence-electron chi connectivity index (χ3n) is 4.69. The Morgan fingerprint density at radius 2 is 1.80 bits per heavy atom. The van der Waals surface area contributed by atoms with E-state index in [0.29, 0.717) is 17.5 Å². The largest absolute Gasteiger partial charge is 0.493 e. The van der Waals surface area contributed by atoms with Gasteiger partial charge in [-0.15, -0.1) is 0 Å². The summed E-state index contributed by atoms with van der Waals surface area (Å²) in [5, 5.41) is 11.5. The molecular formula is C17H23ClO2. The lowest BCUT2D eigenvalue weighted by Crippen LogP contribution is -2.15. The van der Waals surface area contributed by atoms with Crippen LogP contribution in [0.2, 0.25) is 5.02 Å². The number of aliphatic hydroxyl groups is 1. The van der Waals surface area contributed by atoms with Crippen LogP contribution in [0.1, 0.15) is 62.2 Å². The Morgan fingerprint density at radius 1 is 1.10 bits per heavy atom. The van der Waals surface area contributed by atoms with Crippen LogP contribution in [-0.4, -0.2) is 11.7 Å². The number of hydrogen-bond acceptors (Lipinski definition) is 2. The van der Waals surface area contributed by atoms with E-state index in [-0.39, 0.29) is 0 Å². The fourth-order valence-electron chi connectivity index (χ4n) is 3.58. The van der Waals surface area contributed by atoms with E-state index in [4.69, 9.17) is 16.3 Å². The van der Waals surface area contributed by atoms with Crippen molar-refractivity contribution < 1.29 is 9.84 Å². The van der Waals surface area contributed by atoms with Crippen LogP contribution in [0.4, 0.5) is 0 Å². The van der Waals surface area contributed by atoms with Gasteiger partial charge in [-0.05, 0) is 36.5 Å². The van der Waals surface area contributed by atoms with Crippen molar-refractivity contribution in [3.8, 4) is 5.75 Å². The fraction of sp³-hybridized carbons (Fsp3) is 0.647. The zero-order valence-corrected chi connectivity index (χ0v) is 12.7. The molecule has 0 spiro atoms. The van der Waals surface area contributed by atoms with Crippen LogP contribution >= 0.6 is 11.6 Å². The zero-order chi connectivity index (χ0) is 13.9. The molecule has 3 heteroatoms. The highest BCUT2D eigenvalue weighted by atomic mass is 35.5. The van der Waals surface area contributed by atoms with Gasteiger partial charge in [-0.2, -0.15) is 0 Å². The number of halogens is 1. The Kier molecular flexibility index (Phi) is 4.52. The van der Waals surface area contributed by atoms with Gasteiger partial charge in [-0.3, -0.25) is 0 Å². The van der Waals surface area contributed by atoms with Crippen LogP contribution in [0.15, 0.2) is 12.1 Å². The molecule has 1 aliphatic carbocycles. The Morgan fingerprint density at radius 3 is 2.55 bits per heavy atom. The first-order valence-electron chi connectivity index (χ1n) is 7.89. The molecule has 1 fully saturated rings. The first kappa shape index (κ1) is 14.2. The van der Waals surface area contributed by atoms with E-state index in [1.165, 1.54) is 32.1 Å². The van der Waals surface area contributed by atoms with Gasteiger partial charge in [0, 0.05) is 17.0 Å². The Hall–Kier alpha value is -0.730. The van der Waals surface area contributed by atoms with Crippen LogP contribution in [0.3, 0.4) is 0 Å². The van der Waals surface area contributed by atoms with Crippen molar-refractivity contribution in [1.29, 1.82) is 0 Å². The van der Waals surface area contributed by atoms with E-state index in [1.54, 1.807) is 0 Å². The van der Waals surface area contributed by atoms with Gasteiger partial charge in [0.15, 0.2) is 0 Å². The SMILES string of the molecule is OC(c1cc(Cl)cc2c1OCC2)C1CCCCCCC1. The molecule has 1 unspecified atom stereocenters. The van der Waals surface area contributed by atoms with E-state index < -0.39 is 6.10 Å². The van der Waals surface area contributed by atoms with Gasteiger partial charge in [-0.1, -0.05) is 43.7 Å². The lowest BCUT2D eigenvalue weighted by molar-refractivity contribution is 0.0886. The lowest BCUT2D eigenvalue weighted by Gasteiger charge is -2.26. The Balaban J connectivity index is 1.84. The number of fused-ring (bicyclic) bond motifs is 1. The van der Waals surface area contributed by atoms with Gasteiger partial charge < -0.3 is 9.84 Å². The van der Waals surface area contributed by atoms with Gasteiger partial charge in [0.2, 0.25) is 0 Å². The molecule has 0 bridgehead atoms. The highest BCUT2D eigenvalue weighted by Gasteiger charge is 2.27. The van der Waals surface area contributed by atoms with Crippen molar-refractivity contribution in [2.75, 3.05) is 6.61 Å². The molecule has 1 N–H and O–H groups in total. The second kappa shape index (κ2) is 6.36. The minimum atomic E-state index is -0.432. The summed E-state index contributed by atoms with van der Waals surface area (Å²) < 4.78 is 5.73. The molecule has 3 rings (SSSR count). The Bertz CT molecular complexity index is 464. The molecule has 0 radical (unpaired) electrons. The maximum atomic E-state index is 10.8. The molecule has 0 amide bonds. The predicted molar refractivity (Wildman–Crippen MR) is 81.4 cm³/mol. The third-order valence-corrected chi connectivity index (χ3v) is 4.91. The molecule has 2 aliphatic rings. The van der Waals surface area contributed by atoms with Crippen LogP contribution in [0, 0.1) is 5.92 Å². The van der Waals surface area contributed by atoms with Gasteiger partial charge in [0.05, 0.1) is 12.7 Å². The predicted octanol–water partition coefficient (Wildman–Crippen LogP) is 4.67. The van der Waals surface area contributed by atoms with Gasteiger partial charge >= 0.3 is 0 Å². The van der Waals surface area contributed by atoms with Crippen molar-refractivity contribution >= 4 is 11.6 Å². The van der Waals surface area contributed by atoms with Gasteiger partial charge in [0.1, 0.15) is 5.75 Å². The number of aliphatic hydroxyl groups excluding tert-OH is 1.